The van der Waals surface area contributed by atoms with Gasteiger partial charge in [-0.15, -0.1) is 0 Å². The lowest BCUT2D eigenvalue weighted by atomic mass is 10.2. The van der Waals surface area contributed by atoms with Crippen molar-refractivity contribution in [1.29, 1.82) is 0 Å². The van der Waals surface area contributed by atoms with E-state index >= 15 is 0 Å². The molecule has 0 fully saturated rings. The first-order valence-electron chi connectivity index (χ1n) is 5.62. The van der Waals surface area contributed by atoms with Crippen LogP contribution in [0.3, 0.4) is 0 Å². The van der Waals surface area contributed by atoms with Gasteiger partial charge in [0.1, 0.15) is 5.75 Å². The molecular formula is C12H12I3NO4. The number of carbonyl (C=O) groups is 2. The molecule has 0 saturated heterocycles. The minimum absolute atomic E-state index is 0.182. The molecule has 0 heterocycles. The Labute approximate surface area is 157 Å². The minimum atomic E-state index is -1.00. The molecule has 0 bridgehead atoms. The number of rotatable bonds is 5. The molecule has 0 radical (unpaired) electrons. The Hall–Kier alpha value is 0.150. The number of halogens is 3. The van der Waals surface area contributed by atoms with Crippen molar-refractivity contribution in [3.05, 3.63) is 16.8 Å². The summed E-state index contributed by atoms with van der Waals surface area (Å²) in [5.74, 6) is -0.693. The van der Waals surface area contributed by atoms with Crippen molar-refractivity contribution in [3.63, 3.8) is 0 Å². The van der Waals surface area contributed by atoms with Gasteiger partial charge in [0.05, 0.1) is 12.8 Å². The van der Waals surface area contributed by atoms with Crippen LogP contribution < -0.4 is 10.1 Å². The molecule has 8 heteroatoms. The zero-order chi connectivity index (χ0) is 15.4. The second-order valence-electron chi connectivity index (χ2n) is 3.89. The molecular weight excluding hydrogens is 603 g/mol. The first kappa shape index (κ1) is 18.2. The standard InChI is InChI=1S/C12H12I3NO4/c1-3-8(12(18)19)20-11-7(14)4-6(13)10(9(11)15)16-5(2)17/h4,8H,3H2,1-2H3,(H,16,17)(H,18,19). The summed E-state index contributed by atoms with van der Waals surface area (Å²) in [6, 6.07) is 1.85. The van der Waals surface area contributed by atoms with Crippen LogP contribution in [0.25, 0.3) is 0 Å². The topological polar surface area (TPSA) is 75.6 Å². The van der Waals surface area contributed by atoms with Gasteiger partial charge in [-0.1, -0.05) is 6.92 Å². The van der Waals surface area contributed by atoms with E-state index in [0.29, 0.717) is 21.4 Å². The highest BCUT2D eigenvalue weighted by atomic mass is 127. The molecule has 1 aromatic carbocycles. The monoisotopic (exact) mass is 615 g/mol. The van der Waals surface area contributed by atoms with E-state index in [9.17, 15) is 9.59 Å². The van der Waals surface area contributed by atoms with Gasteiger partial charge >= 0.3 is 5.97 Å². The lowest BCUT2D eigenvalue weighted by Crippen LogP contribution is -2.27. The zero-order valence-corrected chi connectivity index (χ0v) is 17.1. The van der Waals surface area contributed by atoms with Crippen molar-refractivity contribution in [2.45, 2.75) is 26.4 Å². The normalized spacial score (nSPS) is 11.8. The lowest BCUT2D eigenvalue weighted by Gasteiger charge is -2.19. The molecule has 0 aliphatic carbocycles. The summed E-state index contributed by atoms with van der Waals surface area (Å²) < 4.78 is 7.98. The zero-order valence-electron chi connectivity index (χ0n) is 10.7. The Balaban J connectivity index is 3.25. The van der Waals surface area contributed by atoms with Gasteiger partial charge < -0.3 is 15.2 Å². The summed E-state index contributed by atoms with van der Waals surface area (Å²) >= 11 is 6.27. The van der Waals surface area contributed by atoms with Gasteiger partial charge in [0.2, 0.25) is 5.91 Å². The average Bonchev–Trinajstić information content (AvgIpc) is 2.33. The molecule has 20 heavy (non-hydrogen) atoms. The first-order valence-corrected chi connectivity index (χ1v) is 8.86. The van der Waals surface area contributed by atoms with Gasteiger partial charge in [-0.25, -0.2) is 4.79 Å². The summed E-state index contributed by atoms with van der Waals surface area (Å²) in [5.41, 5.74) is 0.648. The van der Waals surface area contributed by atoms with E-state index in [1.54, 1.807) is 6.92 Å². The van der Waals surface area contributed by atoms with Gasteiger partial charge in [-0.2, -0.15) is 0 Å². The summed E-state index contributed by atoms with van der Waals surface area (Å²) in [6.45, 7) is 3.18. The Morgan fingerprint density at radius 1 is 1.35 bits per heavy atom. The van der Waals surface area contributed by atoms with Gasteiger partial charge in [0.25, 0.3) is 0 Å². The Morgan fingerprint density at radius 3 is 2.40 bits per heavy atom. The van der Waals surface area contributed by atoms with Gasteiger partial charge in [-0.3, -0.25) is 4.79 Å². The van der Waals surface area contributed by atoms with E-state index in [1.807, 2.05) is 6.07 Å². The van der Waals surface area contributed by atoms with Crippen molar-refractivity contribution in [2.24, 2.45) is 0 Å². The summed E-state index contributed by atoms with van der Waals surface area (Å²) in [6.07, 6.45) is -0.537. The number of carboxylic acid groups (broad SMARTS) is 1. The number of hydrogen-bond donors (Lipinski definition) is 2. The van der Waals surface area contributed by atoms with E-state index in [-0.39, 0.29) is 5.91 Å². The van der Waals surface area contributed by atoms with Crippen LogP contribution in [0.1, 0.15) is 20.3 Å². The van der Waals surface area contributed by atoms with Crippen LogP contribution in [0.2, 0.25) is 0 Å². The SMILES string of the molecule is CCC(Oc1c(I)cc(I)c(NC(C)=O)c1I)C(=O)O. The highest BCUT2D eigenvalue weighted by molar-refractivity contribution is 14.1. The van der Waals surface area contributed by atoms with Crippen LogP contribution in [0, 0.1) is 10.7 Å². The molecule has 2 N–H and O–H groups in total. The summed E-state index contributed by atoms with van der Waals surface area (Å²) in [4.78, 5) is 22.3. The fraction of sp³-hybridized carbons (Fsp3) is 0.333. The fourth-order valence-corrected chi connectivity index (χ4v) is 5.32. The molecule has 0 spiro atoms. The van der Waals surface area contributed by atoms with Crippen molar-refractivity contribution in [1.82, 2.24) is 0 Å². The Kier molecular flexibility index (Phi) is 7.24. The van der Waals surface area contributed by atoms with Gasteiger partial charge in [-0.05, 0) is 80.3 Å². The second-order valence-corrected chi connectivity index (χ2v) is 7.30. The second kappa shape index (κ2) is 7.96. The third-order valence-corrected chi connectivity index (χ3v) is 5.02. The number of anilines is 1. The smallest absolute Gasteiger partial charge is 0.344 e. The quantitative estimate of drug-likeness (QED) is 0.496. The lowest BCUT2D eigenvalue weighted by molar-refractivity contribution is -0.145. The predicted octanol–water partition coefficient (Wildman–Crippen LogP) is 3.70. The first-order chi connectivity index (χ1) is 9.27. The molecule has 1 unspecified atom stereocenters. The molecule has 1 aromatic rings. The molecule has 5 nitrogen and oxygen atoms in total. The van der Waals surface area contributed by atoms with E-state index in [0.717, 1.165) is 7.14 Å². The molecule has 0 saturated carbocycles. The van der Waals surface area contributed by atoms with E-state index in [2.05, 4.69) is 73.1 Å². The summed E-state index contributed by atoms with van der Waals surface area (Å²) in [7, 11) is 0. The van der Waals surface area contributed by atoms with Crippen molar-refractivity contribution < 1.29 is 19.4 Å². The third kappa shape index (κ3) is 4.58. The molecule has 0 aliphatic rings. The van der Waals surface area contributed by atoms with Crippen molar-refractivity contribution in [3.8, 4) is 5.75 Å². The fourth-order valence-electron chi connectivity index (χ4n) is 1.42. The van der Waals surface area contributed by atoms with E-state index in [1.165, 1.54) is 6.92 Å². The number of carbonyl (C=O) groups excluding carboxylic acids is 1. The number of carboxylic acids is 1. The number of hydrogen-bond acceptors (Lipinski definition) is 3. The minimum Gasteiger partial charge on any atom is -0.479 e. The Morgan fingerprint density at radius 2 is 1.95 bits per heavy atom. The maximum absolute atomic E-state index is 11.2. The van der Waals surface area contributed by atoms with Crippen molar-refractivity contribution >= 4 is 85.3 Å². The largest absolute Gasteiger partial charge is 0.479 e. The Bertz CT molecular complexity index is 548. The number of nitrogens with one attached hydrogen (secondary N) is 1. The molecule has 1 amide bonds. The van der Waals surface area contributed by atoms with Crippen molar-refractivity contribution in [2.75, 3.05) is 5.32 Å². The molecule has 1 atom stereocenters. The number of benzene rings is 1. The molecule has 0 aliphatic heterocycles. The maximum Gasteiger partial charge on any atom is 0.344 e. The van der Waals surface area contributed by atoms with E-state index in [4.69, 9.17) is 9.84 Å². The van der Waals surface area contributed by atoms with Crippen LogP contribution in [-0.2, 0) is 9.59 Å². The van der Waals surface area contributed by atoms with E-state index < -0.39 is 12.1 Å². The summed E-state index contributed by atoms with van der Waals surface area (Å²) in [5, 5.41) is 11.8. The highest BCUT2D eigenvalue weighted by Gasteiger charge is 2.22. The van der Waals surface area contributed by atoms with Crippen LogP contribution in [-0.4, -0.2) is 23.1 Å². The number of amides is 1. The van der Waals surface area contributed by atoms with Gasteiger partial charge in [0, 0.05) is 10.5 Å². The number of aliphatic carboxylic acids is 1. The van der Waals surface area contributed by atoms with Crippen LogP contribution in [0.5, 0.6) is 5.75 Å². The predicted molar refractivity (Wildman–Crippen MR) is 101 cm³/mol. The molecule has 110 valence electrons. The third-order valence-electron chi connectivity index (χ3n) is 2.34. The van der Waals surface area contributed by atoms with Crippen LogP contribution in [0.15, 0.2) is 6.07 Å². The molecule has 1 rings (SSSR count). The highest BCUT2D eigenvalue weighted by Crippen LogP contribution is 2.37. The van der Waals surface area contributed by atoms with Crippen LogP contribution in [0.4, 0.5) is 5.69 Å². The number of ether oxygens (including phenoxy) is 1. The molecule has 0 aromatic heterocycles. The maximum atomic E-state index is 11.2. The van der Waals surface area contributed by atoms with Crippen LogP contribution >= 0.6 is 67.8 Å². The average molecular weight is 615 g/mol. The van der Waals surface area contributed by atoms with Gasteiger partial charge in [0.15, 0.2) is 6.10 Å².